The first-order valence-corrected chi connectivity index (χ1v) is 7.83. The first kappa shape index (κ1) is 15.3. The smallest absolute Gasteiger partial charge is 0.258 e. The summed E-state index contributed by atoms with van der Waals surface area (Å²) >= 11 is 0. The van der Waals surface area contributed by atoms with Gasteiger partial charge in [-0.2, -0.15) is 5.10 Å². The van der Waals surface area contributed by atoms with E-state index in [-0.39, 0.29) is 18.0 Å². The van der Waals surface area contributed by atoms with Gasteiger partial charge < -0.3 is 10.2 Å². The van der Waals surface area contributed by atoms with E-state index in [1.165, 1.54) is 0 Å². The van der Waals surface area contributed by atoms with E-state index >= 15 is 0 Å². The number of hydrogen-bond donors (Lipinski definition) is 1. The summed E-state index contributed by atoms with van der Waals surface area (Å²) in [6, 6.07) is 7.61. The van der Waals surface area contributed by atoms with Gasteiger partial charge in [-0.3, -0.25) is 9.48 Å². The van der Waals surface area contributed by atoms with Gasteiger partial charge in [0.1, 0.15) is 6.17 Å². The molecule has 0 spiro atoms. The van der Waals surface area contributed by atoms with Gasteiger partial charge in [0, 0.05) is 31.0 Å². The van der Waals surface area contributed by atoms with Gasteiger partial charge in [-0.05, 0) is 18.1 Å². The fraction of sp³-hybridized carbons (Fsp3) is 0.333. The predicted octanol–water partition coefficient (Wildman–Crippen LogP) is 3.30. The van der Waals surface area contributed by atoms with E-state index in [1.54, 1.807) is 11.0 Å². The average Bonchev–Trinajstić information content (AvgIpc) is 2.92. The molecular weight excluding hydrogens is 288 g/mol. The molecule has 0 saturated heterocycles. The molecule has 0 saturated carbocycles. The van der Waals surface area contributed by atoms with Crippen molar-refractivity contribution in [3.05, 3.63) is 59.9 Å². The number of anilines is 1. The molecule has 2 aromatic rings. The van der Waals surface area contributed by atoms with Crippen LogP contribution in [-0.4, -0.2) is 27.1 Å². The van der Waals surface area contributed by atoms with Crippen molar-refractivity contribution < 1.29 is 4.79 Å². The number of para-hydroxylation sites is 1. The summed E-state index contributed by atoms with van der Waals surface area (Å²) in [4.78, 5) is 14.7. The molecule has 1 aromatic carbocycles. The molecule has 1 aliphatic heterocycles. The second-order valence-corrected chi connectivity index (χ2v) is 6.14. The summed E-state index contributed by atoms with van der Waals surface area (Å²) in [5.74, 6) is 0.300. The number of carbonyl (C=O) groups is 1. The fourth-order valence-electron chi connectivity index (χ4n) is 3.05. The first-order valence-electron chi connectivity index (χ1n) is 7.83. The minimum absolute atomic E-state index is 0.0165. The van der Waals surface area contributed by atoms with E-state index < -0.39 is 0 Å². The van der Waals surface area contributed by atoms with E-state index in [9.17, 15) is 4.79 Å². The maximum Gasteiger partial charge on any atom is 0.258 e. The quantitative estimate of drug-likeness (QED) is 0.882. The predicted molar refractivity (Wildman–Crippen MR) is 91.3 cm³/mol. The Morgan fingerprint density at radius 3 is 2.83 bits per heavy atom. The van der Waals surface area contributed by atoms with Crippen LogP contribution in [0.25, 0.3) is 0 Å². The molecular formula is C18H22N4O. The summed E-state index contributed by atoms with van der Waals surface area (Å²) in [5, 5.41) is 8.06. The largest absolute Gasteiger partial charge is 0.361 e. The number of amides is 1. The number of nitrogens with one attached hydrogen (secondary N) is 1. The maximum absolute atomic E-state index is 12.9. The summed E-state index contributed by atoms with van der Waals surface area (Å²) in [5.41, 5.74) is 3.60. The molecule has 5 heteroatoms. The maximum atomic E-state index is 12.9. The fourth-order valence-corrected chi connectivity index (χ4v) is 3.05. The molecule has 0 radical (unpaired) electrons. The summed E-state index contributed by atoms with van der Waals surface area (Å²) in [6.07, 6.45) is 3.51. The zero-order valence-corrected chi connectivity index (χ0v) is 13.8. The molecule has 3 rings (SSSR count). The van der Waals surface area contributed by atoms with Crippen molar-refractivity contribution in [1.82, 2.24) is 14.7 Å². The highest BCUT2D eigenvalue weighted by atomic mass is 16.2. The Bertz CT molecular complexity index is 747. The Morgan fingerprint density at radius 1 is 1.39 bits per heavy atom. The zero-order valence-electron chi connectivity index (χ0n) is 13.8. The van der Waals surface area contributed by atoms with Crippen molar-refractivity contribution in [2.45, 2.75) is 25.9 Å². The molecule has 1 amide bonds. The Kier molecular flexibility index (Phi) is 3.94. The molecule has 0 fully saturated rings. The van der Waals surface area contributed by atoms with Gasteiger partial charge in [-0.1, -0.05) is 32.1 Å². The molecule has 1 aromatic heterocycles. The van der Waals surface area contributed by atoms with Crippen molar-refractivity contribution in [2.75, 3.05) is 11.9 Å². The number of carbonyl (C=O) groups excluding carboxylic acids is 1. The number of hydrogen-bond acceptors (Lipinski definition) is 3. The van der Waals surface area contributed by atoms with Crippen LogP contribution in [0.4, 0.5) is 5.69 Å². The lowest BCUT2D eigenvalue weighted by atomic mass is 10.00. The van der Waals surface area contributed by atoms with Crippen LogP contribution in [0.2, 0.25) is 0 Å². The highest BCUT2D eigenvalue weighted by Gasteiger charge is 2.34. The minimum atomic E-state index is -0.235. The van der Waals surface area contributed by atoms with E-state index in [0.717, 1.165) is 16.9 Å². The minimum Gasteiger partial charge on any atom is -0.361 e. The van der Waals surface area contributed by atoms with Gasteiger partial charge in [-0.25, -0.2) is 0 Å². The number of fused-ring (bicyclic) bond motifs is 1. The van der Waals surface area contributed by atoms with E-state index in [2.05, 4.69) is 30.8 Å². The van der Waals surface area contributed by atoms with Crippen LogP contribution in [0.3, 0.4) is 0 Å². The Balaban J connectivity index is 2.10. The molecule has 2 heterocycles. The van der Waals surface area contributed by atoms with Crippen LogP contribution in [0.1, 0.15) is 47.5 Å². The van der Waals surface area contributed by atoms with E-state index in [0.29, 0.717) is 12.1 Å². The number of nitrogens with zero attached hydrogens (tertiary/aromatic N) is 3. The third kappa shape index (κ3) is 2.63. The van der Waals surface area contributed by atoms with Crippen LogP contribution in [0.15, 0.2) is 43.1 Å². The van der Waals surface area contributed by atoms with Gasteiger partial charge in [0.05, 0.1) is 11.3 Å². The van der Waals surface area contributed by atoms with Crippen LogP contribution in [0, 0.1) is 0 Å². The van der Waals surface area contributed by atoms with Gasteiger partial charge >= 0.3 is 0 Å². The molecule has 120 valence electrons. The highest BCUT2D eigenvalue weighted by Crippen LogP contribution is 2.35. The SMILES string of the molecule is C=CCN1C(=O)c2ccccc2N[C@@H]1c1cn(C)nc1C(C)C. The lowest BCUT2D eigenvalue weighted by Crippen LogP contribution is -2.43. The lowest BCUT2D eigenvalue weighted by Gasteiger charge is -2.37. The Hall–Kier alpha value is -2.56. The Morgan fingerprint density at radius 2 is 2.13 bits per heavy atom. The summed E-state index contributed by atoms with van der Waals surface area (Å²) in [7, 11) is 1.91. The lowest BCUT2D eigenvalue weighted by molar-refractivity contribution is 0.0706. The molecule has 23 heavy (non-hydrogen) atoms. The molecule has 0 aliphatic carbocycles. The number of benzene rings is 1. The third-order valence-corrected chi connectivity index (χ3v) is 4.08. The van der Waals surface area contributed by atoms with Crippen molar-refractivity contribution in [3.63, 3.8) is 0 Å². The Labute approximate surface area is 136 Å². The number of aryl methyl sites for hydroxylation is 1. The average molecular weight is 310 g/mol. The van der Waals surface area contributed by atoms with Crippen molar-refractivity contribution in [1.29, 1.82) is 0 Å². The standard InChI is InChI=1S/C18H22N4O/c1-5-10-22-17(14-11-21(4)20-16(14)12(2)3)19-15-9-7-6-8-13(15)18(22)23/h5-9,11-12,17,19H,1,10H2,2-4H3/t17-/m0/s1. The van der Waals surface area contributed by atoms with Crippen molar-refractivity contribution in [2.24, 2.45) is 7.05 Å². The second-order valence-electron chi connectivity index (χ2n) is 6.14. The van der Waals surface area contributed by atoms with Crippen LogP contribution >= 0.6 is 0 Å². The number of rotatable bonds is 4. The monoisotopic (exact) mass is 310 g/mol. The van der Waals surface area contributed by atoms with Crippen LogP contribution in [-0.2, 0) is 7.05 Å². The topological polar surface area (TPSA) is 50.2 Å². The molecule has 1 N–H and O–H groups in total. The van der Waals surface area contributed by atoms with Crippen molar-refractivity contribution >= 4 is 11.6 Å². The molecule has 1 atom stereocenters. The molecule has 0 unspecified atom stereocenters. The molecule has 0 bridgehead atoms. The zero-order chi connectivity index (χ0) is 16.6. The molecule has 1 aliphatic rings. The van der Waals surface area contributed by atoms with Crippen molar-refractivity contribution in [3.8, 4) is 0 Å². The van der Waals surface area contributed by atoms with Crippen LogP contribution < -0.4 is 5.32 Å². The van der Waals surface area contributed by atoms with Gasteiger partial charge in [-0.15, -0.1) is 6.58 Å². The van der Waals surface area contributed by atoms with Gasteiger partial charge in [0.15, 0.2) is 0 Å². The first-order chi connectivity index (χ1) is 11.0. The third-order valence-electron chi connectivity index (χ3n) is 4.08. The van der Waals surface area contributed by atoms with Crippen LogP contribution in [0.5, 0.6) is 0 Å². The van der Waals surface area contributed by atoms with Gasteiger partial charge in [0.25, 0.3) is 5.91 Å². The highest BCUT2D eigenvalue weighted by molar-refractivity contribution is 6.01. The summed E-state index contributed by atoms with van der Waals surface area (Å²) in [6.45, 7) is 8.50. The normalized spacial score (nSPS) is 17.1. The second kappa shape index (κ2) is 5.91. The molecule has 5 nitrogen and oxygen atoms in total. The van der Waals surface area contributed by atoms with E-state index in [1.807, 2.05) is 42.2 Å². The van der Waals surface area contributed by atoms with E-state index in [4.69, 9.17) is 0 Å². The number of aromatic nitrogens is 2. The summed E-state index contributed by atoms with van der Waals surface area (Å²) < 4.78 is 1.81. The van der Waals surface area contributed by atoms with Gasteiger partial charge in [0.2, 0.25) is 0 Å².